The summed E-state index contributed by atoms with van der Waals surface area (Å²) in [5.74, 6) is -0.0793. The van der Waals surface area contributed by atoms with Crippen LogP contribution in [0.5, 0.6) is 0 Å². The number of nitrogens with one attached hydrogen (secondary N) is 3. The number of anilines is 1. The normalized spacial score (nSPS) is 17.2. The molecule has 1 fully saturated rings. The minimum Gasteiger partial charge on any atom is -0.368 e. The van der Waals surface area contributed by atoms with E-state index in [1.807, 2.05) is 18.2 Å². The van der Waals surface area contributed by atoms with E-state index < -0.39 is 5.60 Å². The SMILES string of the molecule is COC1(C(=O)Nc2ccc3[nH]ncc3c2)CCNCC1.Cl. The van der Waals surface area contributed by atoms with Crippen molar-refractivity contribution in [1.29, 1.82) is 0 Å². The molecule has 0 atom stereocenters. The number of benzene rings is 1. The molecule has 3 N–H and O–H groups in total. The number of hydrogen-bond donors (Lipinski definition) is 3. The molecule has 1 saturated heterocycles. The number of rotatable bonds is 3. The van der Waals surface area contributed by atoms with Crippen LogP contribution in [0.2, 0.25) is 0 Å². The van der Waals surface area contributed by atoms with Crippen molar-refractivity contribution in [2.75, 3.05) is 25.5 Å². The molecule has 1 aliphatic rings. The number of carbonyl (C=O) groups excluding carboxylic acids is 1. The summed E-state index contributed by atoms with van der Waals surface area (Å²) in [5.41, 5.74) is 0.988. The van der Waals surface area contributed by atoms with Gasteiger partial charge in [-0.1, -0.05) is 0 Å². The fourth-order valence-electron chi connectivity index (χ4n) is 2.62. The van der Waals surface area contributed by atoms with Gasteiger partial charge in [-0.25, -0.2) is 0 Å². The van der Waals surface area contributed by atoms with Gasteiger partial charge in [0.25, 0.3) is 5.91 Å². The van der Waals surface area contributed by atoms with E-state index in [1.54, 1.807) is 13.3 Å². The van der Waals surface area contributed by atoms with Gasteiger partial charge in [-0.05, 0) is 44.1 Å². The fourth-order valence-corrected chi connectivity index (χ4v) is 2.62. The molecule has 0 saturated carbocycles. The van der Waals surface area contributed by atoms with E-state index in [0.717, 1.165) is 29.7 Å². The molecule has 1 aromatic heterocycles. The second-order valence-corrected chi connectivity index (χ2v) is 5.07. The van der Waals surface area contributed by atoms with Gasteiger partial charge < -0.3 is 15.4 Å². The van der Waals surface area contributed by atoms with Gasteiger partial charge in [0.05, 0.1) is 11.7 Å². The Bertz CT molecular complexity index is 622. The Kier molecular flexibility index (Phi) is 4.82. The summed E-state index contributed by atoms with van der Waals surface area (Å²) in [6.07, 6.45) is 3.11. The Morgan fingerprint density at radius 3 is 2.86 bits per heavy atom. The highest BCUT2D eigenvalue weighted by atomic mass is 35.5. The molecule has 114 valence electrons. The third-order valence-corrected chi connectivity index (χ3v) is 3.91. The summed E-state index contributed by atoms with van der Waals surface area (Å²) in [5, 5.41) is 14.0. The Labute approximate surface area is 129 Å². The number of fused-ring (bicyclic) bond motifs is 1. The number of methoxy groups -OCH3 is 1. The number of amides is 1. The highest BCUT2D eigenvalue weighted by molar-refractivity contribution is 5.99. The molecule has 0 spiro atoms. The van der Waals surface area contributed by atoms with Crippen LogP contribution in [0.1, 0.15) is 12.8 Å². The van der Waals surface area contributed by atoms with Crippen molar-refractivity contribution < 1.29 is 9.53 Å². The van der Waals surface area contributed by atoms with Gasteiger partial charge in [-0.15, -0.1) is 12.4 Å². The number of aromatic nitrogens is 2. The van der Waals surface area contributed by atoms with Crippen molar-refractivity contribution in [3.05, 3.63) is 24.4 Å². The van der Waals surface area contributed by atoms with Crippen LogP contribution in [0.4, 0.5) is 5.69 Å². The van der Waals surface area contributed by atoms with Crippen LogP contribution in [0.3, 0.4) is 0 Å². The molecule has 3 rings (SSSR count). The third kappa shape index (κ3) is 3.02. The fraction of sp³-hybridized carbons (Fsp3) is 0.429. The van der Waals surface area contributed by atoms with Gasteiger partial charge in [-0.2, -0.15) is 5.10 Å². The van der Waals surface area contributed by atoms with E-state index in [4.69, 9.17) is 4.74 Å². The van der Waals surface area contributed by atoms with Crippen molar-refractivity contribution in [2.45, 2.75) is 18.4 Å². The zero-order chi connectivity index (χ0) is 14.0. The van der Waals surface area contributed by atoms with Gasteiger partial charge in [0.2, 0.25) is 0 Å². The number of H-pyrrole nitrogens is 1. The lowest BCUT2D eigenvalue weighted by Crippen LogP contribution is -2.51. The second kappa shape index (κ2) is 6.43. The topological polar surface area (TPSA) is 79.0 Å². The van der Waals surface area contributed by atoms with E-state index >= 15 is 0 Å². The van der Waals surface area contributed by atoms with Crippen LogP contribution in [-0.2, 0) is 9.53 Å². The molecule has 0 bridgehead atoms. The molecule has 2 aromatic rings. The minimum absolute atomic E-state index is 0. The average molecular weight is 311 g/mol. The van der Waals surface area contributed by atoms with Gasteiger partial charge in [0, 0.05) is 18.2 Å². The number of aromatic amines is 1. The van der Waals surface area contributed by atoms with Gasteiger partial charge in [0.15, 0.2) is 0 Å². The number of ether oxygens (including phenoxy) is 1. The number of nitrogens with zero attached hydrogens (tertiary/aromatic N) is 1. The quantitative estimate of drug-likeness (QED) is 0.806. The first-order valence-electron chi connectivity index (χ1n) is 6.74. The highest BCUT2D eigenvalue weighted by Crippen LogP contribution is 2.25. The standard InChI is InChI=1S/C14H18N4O2.ClH/c1-20-14(4-6-15-7-5-14)13(19)17-11-2-3-12-10(8-11)9-16-18-12;/h2-3,8-9,15H,4-7H2,1H3,(H,16,18)(H,17,19);1H. The van der Waals surface area contributed by atoms with Gasteiger partial charge in [-0.3, -0.25) is 9.89 Å². The maximum absolute atomic E-state index is 12.5. The van der Waals surface area contributed by atoms with Crippen molar-refractivity contribution in [3.63, 3.8) is 0 Å². The first-order valence-corrected chi connectivity index (χ1v) is 6.74. The van der Waals surface area contributed by atoms with Crippen molar-refractivity contribution >= 4 is 34.9 Å². The predicted octanol–water partition coefficient (Wildman–Crippen LogP) is 1.69. The molecule has 7 heteroatoms. The predicted molar refractivity (Wildman–Crippen MR) is 83.8 cm³/mol. The summed E-state index contributed by atoms with van der Waals surface area (Å²) in [6, 6.07) is 5.67. The number of hydrogen-bond acceptors (Lipinski definition) is 4. The van der Waals surface area contributed by atoms with Crippen LogP contribution >= 0.6 is 12.4 Å². The average Bonchev–Trinajstić information content (AvgIpc) is 2.95. The van der Waals surface area contributed by atoms with E-state index in [-0.39, 0.29) is 18.3 Å². The number of piperidine rings is 1. The lowest BCUT2D eigenvalue weighted by molar-refractivity contribution is -0.140. The first kappa shape index (κ1) is 15.8. The van der Waals surface area contributed by atoms with Crippen LogP contribution in [0.25, 0.3) is 10.9 Å². The molecular formula is C14H19ClN4O2. The zero-order valence-corrected chi connectivity index (χ0v) is 12.6. The molecule has 6 nitrogen and oxygen atoms in total. The zero-order valence-electron chi connectivity index (χ0n) is 11.8. The third-order valence-electron chi connectivity index (χ3n) is 3.91. The van der Waals surface area contributed by atoms with Gasteiger partial charge in [0.1, 0.15) is 5.60 Å². The minimum atomic E-state index is -0.726. The summed E-state index contributed by atoms with van der Waals surface area (Å²) < 4.78 is 5.51. The Morgan fingerprint density at radius 2 is 2.14 bits per heavy atom. The molecular weight excluding hydrogens is 292 g/mol. The van der Waals surface area contributed by atoms with E-state index in [1.165, 1.54) is 0 Å². The van der Waals surface area contributed by atoms with E-state index in [9.17, 15) is 4.79 Å². The summed E-state index contributed by atoms with van der Waals surface area (Å²) in [7, 11) is 1.60. The van der Waals surface area contributed by atoms with Crippen molar-refractivity contribution in [1.82, 2.24) is 15.5 Å². The molecule has 2 heterocycles. The maximum Gasteiger partial charge on any atom is 0.256 e. The number of halogens is 1. The Morgan fingerprint density at radius 1 is 1.38 bits per heavy atom. The van der Waals surface area contributed by atoms with E-state index in [0.29, 0.717) is 12.8 Å². The summed E-state index contributed by atoms with van der Waals surface area (Å²) >= 11 is 0. The van der Waals surface area contributed by atoms with Crippen LogP contribution in [0.15, 0.2) is 24.4 Å². The molecule has 1 aromatic carbocycles. The maximum atomic E-state index is 12.5. The largest absolute Gasteiger partial charge is 0.368 e. The lowest BCUT2D eigenvalue weighted by Gasteiger charge is -2.34. The Hall–Kier alpha value is -1.63. The van der Waals surface area contributed by atoms with Crippen molar-refractivity contribution in [3.8, 4) is 0 Å². The molecule has 1 aliphatic heterocycles. The van der Waals surface area contributed by atoms with Crippen LogP contribution in [0, 0.1) is 0 Å². The first-order chi connectivity index (χ1) is 9.73. The molecule has 0 aliphatic carbocycles. The molecule has 0 unspecified atom stereocenters. The smallest absolute Gasteiger partial charge is 0.256 e. The Balaban J connectivity index is 0.00000161. The van der Waals surface area contributed by atoms with Crippen LogP contribution in [-0.4, -0.2) is 41.9 Å². The van der Waals surface area contributed by atoms with Gasteiger partial charge >= 0.3 is 0 Å². The monoisotopic (exact) mass is 310 g/mol. The lowest BCUT2D eigenvalue weighted by atomic mass is 9.91. The van der Waals surface area contributed by atoms with E-state index in [2.05, 4.69) is 20.8 Å². The number of carbonyl (C=O) groups is 1. The summed E-state index contributed by atoms with van der Waals surface area (Å²) in [4.78, 5) is 12.5. The molecule has 21 heavy (non-hydrogen) atoms. The van der Waals surface area contributed by atoms with Crippen molar-refractivity contribution in [2.24, 2.45) is 0 Å². The molecule has 1 amide bonds. The van der Waals surface area contributed by atoms with Crippen LogP contribution < -0.4 is 10.6 Å². The second-order valence-electron chi connectivity index (χ2n) is 5.07. The summed E-state index contributed by atoms with van der Waals surface area (Å²) in [6.45, 7) is 1.59. The highest BCUT2D eigenvalue weighted by Gasteiger charge is 2.39. The molecule has 0 radical (unpaired) electrons.